The highest BCUT2D eigenvalue weighted by molar-refractivity contribution is 9.10. The van der Waals surface area contributed by atoms with Gasteiger partial charge in [-0.05, 0) is 77.7 Å². The summed E-state index contributed by atoms with van der Waals surface area (Å²) in [5.41, 5.74) is 3.36. The van der Waals surface area contributed by atoms with Gasteiger partial charge >= 0.3 is 6.03 Å². The highest BCUT2D eigenvalue weighted by Crippen LogP contribution is 2.38. The molecule has 0 saturated carbocycles. The molecule has 1 saturated heterocycles. The fourth-order valence-electron chi connectivity index (χ4n) is 4.66. The summed E-state index contributed by atoms with van der Waals surface area (Å²) in [5, 5.41) is 4.67. The molecule has 202 valence electrons. The predicted octanol–water partition coefficient (Wildman–Crippen LogP) is 7.13. The van der Waals surface area contributed by atoms with Gasteiger partial charge in [-0.1, -0.05) is 63.9 Å². The van der Waals surface area contributed by atoms with Crippen molar-refractivity contribution in [2.75, 3.05) is 12.0 Å². The van der Waals surface area contributed by atoms with Gasteiger partial charge in [0.2, 0.25) is 0 Å². The average Bonchev–Trinajstić information content (AvgIpc) is 2.92. The number of rotatable bonds is 6. The number of barbiturate groups is 1. The van der Waals surface area contributed by atoms with E-state index in [-0.39, 0.29) is 17.2 Å². The molecule has 0 atom stereocenters. The third-order valence-electron chi connectivity index (χ3n) is 6.70. The molecule has 0 spiro atoms. The van der Waals surface area contributed by atoms with Gasteiger partial charge in [-0.25, -0.2) is 9.69 Å². The SMILES string of the molecule is COc1cc(/C=C2/C(=O)NC(=O)N(c3ccc(Br)cc3C)C2=O)cc(Cl)c1OCc1c(C)ccc2ccccc12. The lowest BCUT2D eigenvalue weighted by Crippen LogP contribution is -2.54. The number of imide groups is 2. The van der Waals surface area contributed by atoms with Crippen LogP contribution in [-0.4, -0.2) is 25.0 Å². The maximum Gasteiger partial charge on any atom is 0.335 e. The summed E-state index contributed by atoms with van der Waals surface area (Å²) in [6.45, 7) is 4.05. The largest absolute Gasteiger partial charge is 0.493 e. The van der Waals surface area contributed by atoms with E-state index in [1.807, 2.05) is 37.3 Å². The van der Waals surface area contributed by atoms with E-state index in [1.165, 1.54) is 13.2 Å². The van der Waals surface area contributed by atoms with E-state index in [9.17, 15) is 14.4 Å². The van der Waals surface area contributed by atoms with Crippen LogP contribution in [0.5, 0.6) is 11.5 Å². The van der Waals surface area contributed by atoms with E-state index in [0.717, 1.165) is 31.3 Å². The van der Waals surface area contributed by atoms with Gasteiger partial charge in [0, 0.05) is 10.0 Å². The molecule has 0 bridgehead atoms. The van der Waals surface area contributed by atoms with Crippen LogP contribution in [0.3, 0.4) is 0 Å². The summed E-state index contributed by atoms with van der Waals surface area (Å²) >= 11 is 10.00. The maximum absolute atomic E-state index is 13.4. The van der Waals surface area contributed by atoms with Gasteiger partial charge in [0.15, 0.2) is 11.5 Å². The zero-order valence-corrected chi connectivity index (χ0v) is 24.2. The van der Waals surface area contributed by atoms with Crippen molar-refractivity contribution in [3.8, 4) is 11.5 Å². The van der Waals surface area contributed by atoms with Crippen LogP contribution in [0.2, 0.25) is 5.02 Å². The Morgan fingerprint density at radius 2 is 1.75 bits per heavy atom. The summed E-state index contributed by atoms with van der Waals surface area (Å²) in [7, 11) is 1.48. The quantitative estimate of drug-likeness (QED) is 0.183. The number of aryl methyl sites for hydroxylation is 2. The van der Waals surface area contributed by atoms with Crippen LogP contribution in [0.25, 0.3) is 16.8 Å². The Labute approximate surface area is 244 Å². The monoisotopic (exact) mass is 618 g/mol. The number of urea groups is 1. The molecule has 7 nitrogen and oxygen atoms in total. The van der Waals surface area contributed by atoms with Gasteiger partial charge in [-0.2, -0.15) is 0 Å². The lowest BCUT2D eigenvalue weighted by Gasteiger charge is -2.27. The Morgan fingerprint density at radius 3 is 2.50 bits per heavy atom. The summed E-state index contributed by atoms with van der Waals surface area (Å²) in [4.78, 5) is 39.6. The number of fused-ring (bicyclic) bond motifs is 1. The van der Waals surface area contributed by atoms with Crippen molar-refractivity contribution < 1.29 is 23.9 Å². The van der Waals surface area contributed by atoms with Crippen LogP contribution < -0.4 is 19.7 Å². The second kappa shape index (κ2) is 11.2. The molecule has 1 heterocycles. The standard InChI is InChI=1S/C31H24BrClN2O5/c1-17-8-9-20-6-4-5-7-22(20)24(17)16-40-28-25(33)14-19(15-27(28)39-3)13-23-29(36)34-31(38)35(30(23)37)26-11-10-21(32)12-18(26)2/h4-15H,16H2,1-3H3,(H,34,36,38)/b23-13-. The van der Waals surface area contributed by atoms with E-state index in [2.05, 4.69) is 27.3 Å². The number of hydrogen-bond donors (Lipinski definition) is 1. The highest BCUT2D eigenvalue weighted by atomic mass is 79.9. The second-order valence-electron chi connectivity index (χ2n) is 9.29. The van der Waals surface area contributed by atoms with Gasteiger partial charge in [0.05, 0.1) is 17.8 Å². The molecule has 40 heavy (non-hydrogen) atoms. The highest BCUT2D eigenvalue weighted by Gasteiger charge is 2.37. The van der Waals surface area contributed by atoms with E-state index < -0.39 is 17.8 Å². The fourth-order valence-corrected chi connectivity index (χ4v) is 5.41. The van der Waals surface area contributed by atoms with Crippen LogP contribution >= 0.6 is 27.5 Å². The molecule has 5 rings (SSSR count). The fraction of sp³-hybridized carbons (Fsp3) is 0.129. The topological polar surface area (TPSA) is 84.9 Å². The zero-order chi connectivity index (χ0) is 28.6. The van der Waals surface area contributed by atoms with Crippen LogP contribution in [0.15, 0.2) is 76.8 Å². The Bertz CT molecular complexity index is 1730. The van der Waals surface area contributed by atoms with Gasteiger partial charge in [-0.15, -0.1) is 0 Å². The van der Waals surface area contributed by atoms with Gasteiger partial charge in [-0.3, -0.25) is 14.9 Å². The summed E-state index contributed by atoms with van der Waals surface area (Å²) < 4.78 is 12.5. The number of amides is 4. The van der Waals surface area contributed by atoms with E-state index in [1.54, 1.807) is 37.3 Å². The first kappa shape index (κ1) is 27.4. The molecule has 4 aromatic carbocycles. The van der Waals surface area contributed by atoms with E-state index >= 15 is 0 Å². The number of anilines is 1. The first-order valence-electron chi connectivity index (χ1n) is 12.3. The molecule has 1 N–H and O–H groups in total. The number of carbonyl (C=O) groups excluding carboxylic acids is 3. The molecule has 9 heteroatoms. The van der Waals surface area contributed by atoms with Gasteiger partial charge < -0.3 is 9.47 Å². The third-order valence-corrected chi connectivity index (χ3v) is 7.47. The average molecular weight is 620 g/mol. The Morgan fingerprint density at radius 1 is 0.975 bits per heavy atom. The predicted molar refractivity (Wildman–Crippen MR) is 159 cm³/mol. The van der Waals surface area contributed by atoms with Gasteiger partial charge in [0.25, 0.3) is 11.8 Å². The van der Waals surface area contributed by atoms with Crippen molar-refractivity contribution in [2.24, 2.45) is 0 Å². The minimum absolute atomic E-state index is 0.222. The van der Waals surface area contributed by atoms with Crippen LogP contribution in [0.1, 0.15) is 22.3 Å². The molecule has 0 radical (unpaired) electrons. The van der Waals surface area contributed by atoms with Crippen molar-refractivity contribution in [1.29, 1.82) is 0 Å². The second-order valence-corrected chi connectivity index (χ2v) is 10.6. The Kier molecular flexibility index (Phi) is 7.65. The van der Waals surface area contributed by atoms with E-state index in [4.69, 9.17) is 21.1 Å². The third kappa shape index (κ3) is 5.20. The lowest BCUT2D eigenvalue weighted by molar-refractivity contribution is -0.122. The number of nitrogens with one attached hydrogen (secondary N) is 1. The van der Waals surface area contributed by atoms with Crippen LogP contribution in [-0.2, 0) is 16.2 Å². The molecule has 0 aliphatic carbocycles. The number of ether oxygens (including phenoxy) is 2. The first-order chi connectivity index (χ1) is 19.2. The molecule has 0 unspecified atom stereocenters. The molecular formula is C31H24BrClN2O5. The number of halogens is 2. The van der Waals surface area contributed by atoms with Crippen molar-refractivity contribution in [1.82, 2.24) is 5.32 Å². The molecule has 4 aromatic rings. The first-order valence-corrected chi connectivity index (χ1v) is 13.5. The van der Waals surface area contributed by atoms with E-state index in [0.29, 0.717) is 28.3 Å². The molecule has 1 aliphatic heterocycles. The smallest absolute Gasteiger partial charge is 0.335 e. The molecule has 0 aromatic heterocycles. The molecule has 1 aliphatic rings. The number of nitrogens with zero attached hydrogens (tertiary/aromatic N) is 1. The minimum atomic E-state index is -0.819. The number of benzene rings is 4. The van der Waals surface area contributed by atoms with Gasteiger partial charge in [0.1, 0.15) is 12.2 Å². The number of carbonyl (C=O) groups is 3. The number of methoxy groups -OCH3 is 1. The maximum atomic E-state index is 13.4. The van der Waals surface area contributed by atoms with Crippen molar-refractivity contribution in [3.63, 3.8) is 0 Å². The minimum Gasteiger partial charge on any atom is -0.493 e. The van der Waals surface area contributed by atoms with Crippen molar-refractivity contribution in [2.45, 2.75) is 20.5 Å². The zero-order valence-electron chi connectivity index (χ0n) is 21.9. The van der Waals surface area contributed by atoms with Crippen molar-refractivity contribution >= 4 is 67.9 Å². The lowest BCUT2D eigenvalue weighted by atomic mass is 10.0. The summed E-state index contributed by atoms with van der Waals surface area (Å²) in [6, 6.07) is 19.7. The van der Waals surface area contributed by atoms with Crippen molar-refractivity contribution in [3.05, 3.63) is 104 Å². The molecule has 4 amide bonds. The Balaban J connectivity index is 1.47. The molecule has 1 fully saturated rings. The Hall–Kier alpha value is -4.14. The molecular weight excluding hydrogens is 596 g/mol. The van der Waals surface area contributed by atoms with Crippen LogP contribution in [0.4, 0.5) is 10.5 Å². The summed E-state index contributed by atoms with van der Waals surface area (Å²) in [6.07, 6.45) is 1.37. The normalized spacial score (nSPS) is 14.6. The van der Waals surface area contributed by atoms with Crippen LogP contribution in [0, 0.1) is 13.8 Å². The number of hydrogen-bond acceptors (Lipinski definition) is 5. The summed E-state index contributed by atoms with van der Waals surface area (Å²) in [5.74, 6) is -0.887.